The number of aromatic nitrogens is 1. The monoisotopic (exact) mass is 312 g/mol. The van der Waals surface area contributed by atoms with E-state index in [2.05, 4.69) is 9.71 Å². The van der Waals surface area contributed by atoms with Gasteiger partial charge in [-0.25, -0.2) is 18.1 Å². The number of sulfonamides is 1. The molecule has 0 radical (unpaired) electrons. The predicted octanol–water partition coefficient (Wildman–Crippen LogP) is 1.71. The molecule has 7 heteroatoms. The third-order valence-corrected chi connectivity index (χ3v) is 4.25. The van der Waals surface area contributed by atoms with E-state index in [0.29, 0.717) is 0 Å². The predicted molar refractivity (Wildman–Crippen MR) is 75.6 cm³/mol. The van der Waals surface area contributed by atoms with Gasteiger partial charge in [0.2, 0.25) is 10.0 Å². The average Bonchev–Trinajstić information content (AvgIpc) is 2.45. The van der Waals surface area contributed by atoms with E-state index in [-0.39, 0.29) is 23.2 Å². The van der Waals surface area contributed by atoms with Gasteiger partial charge in [0.05, 0.1) is 11.5 Å². The van der Waals surface area contributed by atoms with Crippen LogP contribution in [0.2, 0.25) is 5.15 Å². The normalized spacial score (nSPS) is 11.5. The van der Waals surface area contributed by atoms with Crippen molar-refractivity contribution < 1.29 is 13.5 Å². The lowest BCUT2D eigenvalue weighted by Crippen LogP contribution is -2.23. The molecule has 0 saturated carbocycles. The molecule has 2 rings (SSSR count). The Morgan fingerprint density at radius 2 is 1.95 bits per heavy atom. The first kappa shape index (κ1) is 14.9. The van der Waals surface area contributed by atoms with Crippen LogP contribution in [0.15, 0.2) is 47.5 Å². The molecule has 0 aliphatic rings. The lowest BCUT2D eigenvalue weighted by atomic mass is 10.1. The number of rotatable bonds is 5. The number of hydrogen-bond acceptors (Lipinski definition) is 4. The van der Waals surface area contributed by atoms with Crippen LogP contribution in [0.3, 0.4) is 0 Å². The highest BCUT2D eigenvalue weighted by Gasteiger charge is 2.14. The molecule has 0 fully saturated rings. The van der Waals surface area contributed by atoms with Crippen LogP contribution in [0.4, 0.5) is 0 Å². The van der Waals surface area contributed by atoms with Gasteiger partial charge in [-0.2, -0.15) is 0 Å². The molecule has 1 aromatic heterocycles. The van der Waals surface area contributed by atoms with Crippen LogP contribution in [0.5, 0.6) is 0 Å². The van der Waals surface area contributed by atoms with Crippen LogP contribution in [-0.4, -0.2) is 18.5 Å². The minimum absolute atomic E-state index is 0.0656. The largest absolute Gasteiger partial charge is 0.392 e. The van der Waals surface area contributed by atoms with Crippen LogP contribution < -0.4 is 4.72 Å². The van der Waals surface area contributed by atoms with Gasteiger partial charge < -0.3 is 5.11 Å². The Morgan fingerprint density at radius 3 is 2.65 bits per heavy atom. The Morgan fingerprint density at radius 1 is 1.20 bits per heavy atom. The molecule has 0 aliphatic heterocycles. The summed E-state index contributed by atoms with van der Waals surface area (Å²) in [5, 5.41) is 9.16. The molecule has 1 heterocycles. The van der Waals surface area contributed by atoms with E-state index in [1.54, 1.807) is 24.3 Å². The summed E-state index contributed by atoms with van der Waals surface area (Å²) in [6, 6.07) is 9.70. The number of hydrogen-bond donors (Lipinski definition) is 2. The fourth-order valence-corrected chi connectivity index (χ4v) is 2.92. The highest BCUT2D eigenvalue weighted by Crippen LogP contribution is 2.13. The highest BCUT2D eigenvalue weighted by molar-refractivity contribution is 7.89. The molecule has 0 bridgehead atoms. The molecule has 0 amide bonds. The van der Waals surface area contributed by atoms with E-state index in [4.69, 9.17) is 16.7 Å². The Balaban J connectivity index is 2.13. The van der Waals surface area contributed by atoms with Crippen LogP contribution in [0, 0.1) is 0 Å². The van der Waals surface area contributed by atoms with E-state index < -0.39 is 10.0 Å². The first-order valence-electron chi connectivity index (χ1n) is 5.81. The van der Waals surface area contributed by atoms with Gasteiger partial charge in [-0.1, -0.05) is 35.9 Å². The van der Waals surface area contributed by atoms with E-state index in [1.165, 1.54) is 18.3 Å². The maximum absolute atomic E-state index is 12.1. The van der Waals surface area contributed by atoms with Gasteiger partial charge in [-0.15, -0.1) is 0 Å². The Kier molecular flexibility index (Phi) is 4.72. The standard InChI is InChI=1S/C13H13ClN2O3S/c14-13-7-12(4-5-15-13)20(18,19)16-8-10-2-1-3-11(6-10)9-17/h1-7,16-17H,8-9H2. The van der Waals surface area contributed by atoms with Crippen molar-refractivity contribution in [2.45, 2.75) is 18.0 Å². The summed E-state index contributed by atoms with van der Waals surface area (Å²) in [6.07, 6.45) is 1.34. The smallest absolute Gasteiger partial charge is 0.241 e. The molecular weight excluding hydrogens is 300 g/mol. The topological polar surface area (TPSA) is 79.3 Å². The summed E-state index contributed by atoms with van der Waals surface area (Å²) in [5.74, 6) is 0. The van der Waals surface area contributed by atoms with Gasteiger partial charge in [-0.3, -0.25) is 0 Å². The van der Waals surface area contributed by atoms with Crippen LogP contribution in [0.25, 0.3) is 0 Å². The molecule has 0 saturated heterocycles. The zero-order valence-corrected chi connectivity index (χ0v) is 12.0. The maximum atomic E-state index is 12.1. The molecule has 5 nitrogen and oxygen atoms in total. The SMILES string of the molecule is O=S(=O)(NCc1cccc(CO)c1)c1ccnc(Cl)c1. The van der Waals surface area contributed by atoms with Crippen molar-refractivity contribution >= 4 is 21.6 Å². The first-order valence-corrected chi connectivity index (χ1v) is 7.67. The Hall–Kier alpha value is -1.47. The summed E-state index contributed by atoms with van der Waals surface area (Å²) >= 11 is 5.68. The van der Waals surface area contributed by atoms with Crippen LogP contribution in [-0.2, 0) is 23.2 Å². The minimum atomic E-state index is -3.64. The van der Waals surface area contributed by atoms with Gasteiger partial charge in [0.25, 0.3) is 0 Å². The van der Waals surface area contributed by atoms with Crippen molar-refractivity contribution in [1.29, 1.82) is 0 Å². The summed E-state index contributed by atoms with van der Waals surface area (Å²) in [6.45, 7) is 0.0522. The third kappa shape index (κ3) is 3.77. The lowest BCUT2D eigenvalue weighted by molar-refractivity contribution is 0.281. The van der Waals surface area contributed by atoms with Crippen molar-refractivity contribution in [3.8, 4) is 0 Å². The number of aliphatic hydroxyl groups is 1. The van der Waals surface area contributed by atoms with Crippen LogP contribution >= 0.6 is 11.6 Å². The molecule has 106 valence electrons. The Bertz CT molecular complexity index is 704. The van der Waals surface area contributed by atoms with Crippen molar-refractivity contribution in [2.24, 2.45) is 0 Å². The zero-order chi connectivity index (χ0) is 14.6. The van der Waals surface area contributed by atoms with Crippen molar-refractivity contribution in [2.75, 3.05) is 0 Å². The summed E-state index contributed by atoms with van der Waals surface area (Å²) in [5.41, 5.74) is 1.49. The van der Waals surface area contributed by atoms with Gasteiger partial charge in [0, 0.05) is 12.7 Å². The molecule has 0 atom stereocenters. The number of pyridine rings is 1. The Labute approximate surface area is 122 Å². The third-order valence-electron chi connectivity index (χ3n) is 2.65. The van der Waals surface area contributed by atoms with Crippen molar-refractivity contribution in [1.82, 2.24) is 9.71 Å². The fourth-order valence-electron chi connectivity index (χ4n) is 1.65. The quantitative estimate of drug-likeness (QED) is 0.824. The second-order valence-corrected chi connectivity index (χ2v) is 6.27. The molecular formula is C13H13ClN2O3S. The molecule has 2 N–H and O–H groups in total. The number of nitrogens with one attached hydrogen (secondary N) is 1. The molecule has 0 spiro atoms. The highest BCUT2D eigenvalue weighted by atomic mass is 35.5. The van der Waals surface area contributed by atoms with E-state index in [9.17, 15) is 8.42 Å². The number of nitrogens with zero attached hydrogens (tertiary/aromatic N) is 1. The second-order valence-electron chi connectivity index (χ2n) is 4.12. The average molecular weight is 313 g/mol. The second kappa shape index (κ2) is 6.32. The number of halogens is 1. The first-order chi connectivity index (χ1) is 9.51. The number of aliphatic hydroxyl groups excluding tert-OH is 1. The molecule has 1 aromatic carbocycles. The van der Waals surface area contributed by atoms with Gasteiger partial charge >= 0.3 is 0 Å². The van der Waals surface area contributed by atoms with Crippen LogP contribution in [0.1, 0.15) is 11.1 Å². The van der Waals surface area contributed by atoms with Gasteiger partial charge in [-0.05, 0) is 23.3 Å². The van der Waals surface area contributed by atoms with Gasteiger partial charge in [0.1, 0.15) is 5.15 Å². The summed E-state index contributed by atoms with van der Waals surface area (Å²) < 4.78 is 26.6. The number of benzene rings is 1. The van der Waals surface area contributed by atoms with E-state index >= 15 is 0 Å². The lowest BCUT2D eigenvalue weighted by Gasteiger charge is -2.07. The fraction of sp³-hybridized carbons (Fsp3) is 0.154. The zero-order valence-electron chi connectivity index (χ0n) is 10.5. The van der Waals surface area contributed by atoms with E-state index in [0.717, 1.165) is 11.1 Å². The maximum Gasteiger partial charge on any atom is 0.241 e. The van der Waals surface area contributed by atoms with Crippen molar-refractivity contribution in [3.05, 3.63) is 58.9 Å². The molecule has 2 aromatic rings. The van der Waals surface area contributed by atoms with Gasteiger partial charge in [0.15, 0.2) is 0 Å². The molecule has 0 unspecified atom stereocenters. The minimum Gasteiger partial charge on any atom is -0.392 e. The molecule has 0 aliphatic carbocycles. The van der Waals surface area contributed by atoms with E-state index in [1.807, 2.05) is 0 Å². The summed E-state index contributed by atoms with van der Waals surface area (Å²) in [7, 11) is -3.64. The summed E-state index contributed by atoms with van der Waals surface area (Å²) in [4.78, 5) is 3.81. The molecule has 20 heavy (non-hydrogen) atoms. The van der Waals surface area contributed by atoms with Crippen molar-refractivity contribution in [3.63, 3.8) is 0 Å².